The standard InChI is InChI=1S/C16H19NO3/c1-3-18-12-6-5-7-13(10-12)20-14-8-9-15(17)16(11-14)19-4-2/h5-11H,3-4,17H2,1-2H3. The van der Waals surface area contributed by atoms with Crippen LogP contribution in [0.4, 0.5) is 5.69 Å². The van der Waals surface area contributed by atoms with E-state index >= 15 is 0 Å². The number of nitrogens with two attached hydrogens (primary N) is 1. The number of ether oxygens (including phenoxy) is 3. The first-order valence-electron chi connectivity index (χ1n) is 6.66. The maximum absolute atomic E-state index is 5.83. The van der Waals surface area contributed by atoms with Crippen LogP contribution in [0, 0.1) is 0 Å². The predicted molar refractivity (Wildman–Crippen MR) is 79.7 cm³/mol. The van der Waals surface area contributed by atoms with Crippen molar-refractivity contribution in [2.45, 2.75) is 13.8 Å². The fraction of sp³-hybridized carbons (Fsp3) is 0.250. The Hall–Kier alpha value is -2.36. The minimum absolute atomic E-state index is 0.563. The number of nitrogen functional groups attached to an aromatic ring is 1. The second-order valence-corrected chi connectivity index (χ2v) is 4.14. The molecule has 0 saturated heterocycles. The molecule has 0 radical (unpaired) electrons. The molecule has 0 aliphatic rings. The Morgan fingerprint density at radius 2 is 1.55 bits per heavy atom. The molecular weight excluding hydrogens is 254 g/mol. The molecular formula is C16H19NO3. The summed E-state index contributed by atoms with van der Waals surface area (Å²) in [5.74, 6) is 2.80. The van der Waals surface area contributed by atoms with Gasteiger partial charge in [-0.3, -0.25) is 0 Å². The van der Waals surface area contributed by atoms with Crippen molar-refractivity contribution in [1.29, 1.82) is 0 Å². The lowest BCUT2D eigenvalue weighted by atomic mass is 10.2. The minimum Gasteiger partial charge on any atom is -0.494 e. The van der Waals surface area contributed by atoms with Crippen LogP contribution >= 0.6 is 0 Å². The molecule has 0 heterocycles. The summed E-state index contributed by atoms with van der Waals surface area (Å²) in [5.41, 5.74) is 6.43. The van der Waals surface area contributed by atoms with Crippen LogP contribution in [0.15, 0.2) is 42.5 Å². The maximum Gasteiger partial charge on any atom is 0.145 e. The summed E-state index contributed by atoms with van der Waals surface area (Å²) in [4.78, 5) is 0. The van der Waals surface area contributed by atoms with Crippen molar-refractivity contribution in [1.82, 2.24) is 0 Å². The Balaban J connectivity index is 2.17. The molecule has 2 aromatic rings. The summed E-state index contributed by atoms with van der Waals surface area (Å²) in [6, 6.07) is 12.9. The van der Waals surface area contributed by atoms with Crippen molar-refractivity contribution >= 4 is 5.69 Å². The van der Waals surface area contributed by atoms with Gasteiger partial charge < -0.3 is 19.9 Å². The van der Waals surface area contributed by atoms with Gasteiger partial charge in [0.25, 0.3) is 0 Å². The third-order valence-electron chi connectivity index (χ3n) is 2.64. The van der Waals surface area contributed by atoms with Crippen LogP contribution in [-0.4, -0.2) is 13.2 Å². The molecule has 0 aliphatic carbocycles. The van der Waals surface area contributed by atoms with Gasteiger partial charge in [-0.25, -0.2) is 0 Å². The van der Waals surface area contributed by atoms with Gasteiger partial charge in [0.15, 0.2) is 0 Å². The lowest BCUT2D eigenvalue weighted by molar-refractivity contribution is 0.337. The highest BCUT2D eigenvalue weighted by molar-refractivity contribution is 5.56. The van der Waals surface area contributed by atoms with Crippen LogP contribution in [0.3, 0.4) is 0 Å². The van der Waals surface area contributed by atoms with Crippen LogP contribution in [0.2, 0.25) is 0 Å². The number of hydrogen-bond acceptors (Lipinski definition) is 4. The largest absolute Gasteiger partial charge is 0.494 e. The second-order valence-electron chi connectivity index (χ2n) is 4.14. The van der Waals surface area contributed by atoms with E-state index in [0.717, 1.165) is 5.75 Å². The molecule has 0 aliphatic heterocycles. The fourth-order valence-corrected chi connectivity index (χ4v) is 1.79. The van der Waals surface area contributed by atoms with Crippen molar-refractivity contribution in [2.24, 2.45) is 0 Å². The summed E-state index contributed by atoms with van der Waals surface area (Å²) in [5, 5.41) is 0. The lowest BCUT2D eigenvalue weighted by Gasteiger charge is -2.11. The molecule has 0 bridgehead atoms. The second kappa shape index (κ2) is 6.70. The van der Waals surface area contributed by atoms with E-state index in [2.05, 4.69) is 0 Å². The summed E-state index contributed by atoms with van der Waals surface area (Å²) >= 11 is 0. The van der Waals surface area contributed by atoms with Gasteiger partial charge in [-0.05, 0) is 38.1 Å². The van der Waals surface area contributed by atoms with E-state index in [-0.39, 0.29) is 0 Å². The molecule has 4 nitrogen and oxygen atoms in total. The summed E-state index contributed by atoms with van der Waals surface area (Å²) in [6.07, 6.45) is 0. The molecule has 2 aromatic carbocycles. The minimum atomic E-state index is 0.563. The molecule has 4 heteroatoms. The van der Waals surface area contributed by atoms with Crippen molar-refractivity contribution in [3.63, 3.8) is 0 Å². The van der Waals surface area contributed by atoms with Crippen molar-refractivity contribution in [2.75, 3.05) is 18.9 Å². The molecule has 0 unspecified atom stereocenters. The summed E-state index contributed by atoms with van der Waals surface area (Å²) < 4.78 is 16.7. The summed E-state index contributed by atoms with van der Waals surface area (Å²) in [6.45, 7) is 5.05. The normalized spacial score (nSPS) is 10.1. The highest BCUT2D eigenvalue weighted by Crippen LogP contribution is 2.31. The molecule has 106 valence electrons. The fourth-order valence-electron chi connectivity index (χ4n) is 1.79. The van der Waals surface area contributed by atoms with E-state index in [1.54, 1.807) is 12.1 Å². The van der Waals surface area contributed by atoms with Crippen LogP contribution in [0.5, 0.6) is 23.0 Å². The van der Waals surface area contributed by atoms with Gasteiger partial charge in [0.05, 0.1) is 18.9 Å². The predicted octanol–water partition coefficient (Wildman–Crippen LogP) is 3.86. The zero-order chi connectivity index (χ0) is 14.4. The van der Waals surface area contributed by atoms with Gasteiger partial charge in [0, 0.05) is 12.1 Å². The van der Waals surface area contributed by atoms with E-state index in [1.165, 1.54) is 0 Å². The zero-order valence-electron chi connectivity index (χ0n) is 11.8. The van der Waals surface area contributed by atoms with E-state index in [1.807, 2.05) is 44.2 Å². The number of rotatable bonds is 6. The van der Waals surface area contributed by atoms with Crippen molar-refractivity contribution in [3.8, 4) is 23.0 Å². The molecule has 2 N–H and O–H groups in total. The Morgan fingerprint density at radius 3 is 2.30 bits per heavy atom. The Bertz CT molecular complexity index is 569. The smallest absolute Gasteiger partial charge is 0.145 e. The average molecular weight is 273 g/mol. The van der Waals surface area contributed by atoms with Crippen LogP contribution in [0.25, 0.3) is 0 Å². The molecule has 0 amide bonds. The Labute approximate surface area is 119 Å². The van der Waals surface area contributed by atoms with E-state index in [9.17, 15) is 0 Å². The van der Waals surface area contributed by atoms with Gasteiger partial charge in [-0.15, -0.1) is 0 Å². The summed E-state index contributed by atoms with van der Waals surface area (Å²) in [7, 11) is 0. The van der Waals surface area contributed by atoms with Crippen LogP contribution in [0.1, 0.15) is 13.8 Å². The SMILES string of the molecule is CCOc1cccc(Oc2ccc(N)c(OCC)c2)c1. The van der Waals surface area contributed by atoms with E-state index in [4.69, 9.17) is 19.9 Å². The number of anilines is 1. The average Bonchev–Trinajstić information content (AvgIpc) is 2.44. The quantitative estimate of drug-likeness (QED) is 0.812. The van der Waals surface area contributed by atoms with Crippen LogP contribution < -0.4 is 19.9 Å². The topological polar surface area (TPSA) is 53.7 Å². The van der Waals surface area contributed by atoms with Crippen LogP contribution in [-0.2, 0) is 0 Å². The molecule has 0 aromatic heterocycles. The first kappa shape index (κ1) is 14.1. The third-order valence-corrected chi connectivity index (χ3v) is 2.64. The maximum atomic E-state index is 5.83. The monoisotopic (exact) mass is 273 g/mol. The third kappa shape index (κ3) is 3.57. The van der Waals surface area contributed by atoms with E-state index < -0.39 is 0 Å². The van der Waals surface area contributed by atoms with Gasteiger partial charge in [0.1, 0.15) is 23.0 Å². The number of benzene rings is 2. The van der Waals surface area contributed by atoms with Gasteiger partial charge in [0.2, 0.25) is 0 Å². The zero-order valence-corrected chi connectivity index (χ0v) is 11.8. The first-order valence-corrected chi connectivity index (χ1v) is 6.66. The molecule has 0 saturated carbocycles. The Kier molecular flexibility index (Phi) is 4.71. The van der Waals surface area contributed by atoms with Crippen molar-refractivity contribution in [3.05, 3.63) is 42.5 Å². The van der Waals surface area contributed by atoms with Crippen molar-refractivity contribution < 1.29 is 14.2 Å². The molecule has 2 rings (SSSR count). The Morgan fingerprint density at radius 1 is 0.850 bits per heavy atom. The highest BCUT2D eigenvalue weighted by atomic mass is 16.5. The molecule has 0 fully saturated rings. The van der Waals surface area contributed by atoms with E-state index in [0.29, 0.717) is 36.1 Å². The molecule has 0 spiro atoms. The van der Waals surface area contributed by atoms with Gasteiger partial charge in [-0.1, -0.05) is 6.07 Å². The lowest BCUT2D eigenvalue weighted by Crippen LogP contribution is -1.97. The first-order chi connectivity index (χ1) is 9.72. The number of hydrogen-bond donors (Lipinski definition) is 1. The van der Waals surface area contributed by atoms with Gasteiger partial charge >= 0.3 is 0 Å². The molecule has 0 atom stereocenters. The highest BCUT2D eigenvalue weighted by Gasteiger charge is 2.04. The molecule has 20 heavy (non-hydrogen) atoms. The van der Waals surface area contributed by atoms with Gasteiger partial charge in [-0.2, -0.15) is 0 Å².